The number of fused-ring (bicyclic) bond motifs is 1. The van der Waals surface area contributed by atoms with Crippen molar-refractivity contribution in [1.82, 2.24) is 0 Å². The Morgan fingerprint density at radius 2 is 1.68 bits per heavy atom. The Labute approximate surface area is 218 Å². The molecule has 0 aliphatic heterocycles. The highest BCUT2D eigenvalue weighted by Gasteiger charge is 2.37. The Bertz CT molecular complexity index is 1200. The number of carboxylic acid groups (broad SMARTS) is 1. The third kappa shape index (κ3) is 6.01. The van der Waals surface area contributed by atoms with Gasteiger partial charge in [-0.15, -0.1) is 0 Å². The molecule has 1 aliphatic carbocycles. The van der Waals surface area contributed by atoms with Gasteiger partial charge in [-0.2, -0.15) is 0 Å². The fraction of sp³-hybridized carbons (Fsp3) is 0.448. The molecule has 0 saturated carbocycles. The molecular formula is C29H36N2O6. The van der Waals surface area contributed by atoms with Crippen molar-refractivity contribution < 1.29 is 29.1 Å². The first-order valence-electron chi connectivity index (χ1n) is 12.6. The molecule has 198 valence electrons. The number of nitrogens with zero attached hydrogens (tertiary/aromatic N) is 2. The van der Waals surface area contributed by atoms with Gasteiger partial charge in [0.15, 0.2) is 0 Å². The summed E-state index contributed by atoms with van der Waals surface area (Å²) in [5, 5.41) is 13.6. The number of carboxylic acids is 1. The molecule has 0 radical (unpaired) electrons. The van der Waals surface area contributed by atoms with Crippen LogP contribution in [-0.2, 0) is 30.0 Å². The standard InChI is InChI=1S/C29H36N2O6/c1-7-24(27(35)36-8-2)37-30-18-25(32)31(23-12-10-9-11-20(23)26(33)34)19-13-14-21-22(17-19)29(5,6)16-15-28(21,3)4/h9-14,17-18,24H,7-8,15-16H2,1-6H3,(H,33,34). The van der Waals surface area contributed by atoms with E-state index in [1.165, 1.54) is 16.5 Å². The summed E-state index contributed by atoms with van der Waals surface area (Å²) >= 11 is 0. The Hall–Kier alpha value is -3.68. The summed E-state index contributed by atoms with van der Waals surface area (Å²) in [4.78, 5) is 44.2. The number of carbonyl (C=O) groups excluding carboxylic acids is 2. The zero-order valence-electron chi connectivity index (χ0n) is 22.4. The summed E-state index contributed by atoms with van der Waals surface area (Å²) < 4.78 is 4.97. The lowest BCUT2D eigenvalue weighted by molar-refractivity contribution is -0.156. The molecule has 1 aliphatic rings. The molecule has 2 aromatic carbocycles. The number of benzene rings is 2. The van der Waals surface area contributed by atoms with E-state index in [2.05, 4.69) is 32.9 Å². The van der Waals surface area contributed by atoms with Gasteiger partial charge in [0.2, 0.25) is 6.10 Å². The number of aromatic carboxylic acids is 1. The van der Waals surface area contributed by atoms with E-state index in [1.54, 1.807) is 32.0 Å². The van der Waals surface area contributed by atoms with Crippen molar-refractivity contribution in [1.29, 1.82) is 0 Å². The van der Waals surface area contributed by atoms with Gasteiger partial charge in [0.1, 0.15) is 6.21 Å². The third-order valence-corrected chi connectivity index (χ3v) is 6.96. The Morgan fingerprint density at radius 1 is 1.03 bits per heavy atom. The maximum absolute atomic E-state index is 13.5. The predicted octanol–water partition coefficient (Wildman–Crippen LogP) is 5.74. The summed E-state index contributed by atoms with van der Waals surface area (Å²) in [5.41, 5.74) is 2.89. The number of para-hydroxylation sites is 1. The number of oxime groups is 1. The molecule has 2 aromatic rings. The lowest BCUT2D eigenvalue weighted by Crippen LogP contribution is -2.35. The van der Waals surface area contributed by atoms with Crippen molar-refractivity contribution in [3.63, 3.8) is 0 Å². The van der Waals surface area contributed by atoms with Gasteiger partial charge >= 0.3 is 11.9 Å². The average Bonchev–Trinajstić information content (AvgIpc) is 2.85. The van der Waals surface area contributed by atoms with Gasteiger partial charge in [-0.1, -0.05) is 58.0 Å². The summed E-state index contributed by atoms with van der Waals surface area (Å²) in [6, 6.07) is 12.1. The minimum Gasteiger partial charge on any atom is -0.478 e. The van der Waals surface area contributed by atoms with E-state index in [0.717, 1.165) is 24.6 Å². The predicted molar refractivity (Wildman–Crippen MR) is 143 cm³/mol. The van der Waals surface area contributed by atoms with Crippen LogP contribution in [0.2, 0.25) is 0 Å². The molecule has 0 saturated heterocycles. The normalized spacial score (nSPS) is 16.5. The summed E-state index contributed by atoms with van der Waals surface area (Å²) in [5.74, 6) is -2.34. The minimum absolute atomic E-state index is 0.0191. The fourth-order valence-electron chi connectivity index (χ4n) is 4.68. The van der Waals surface area contributed by atoms with Crippen molar-refractivity contribution in [3.05, 3.63) is 59.2 Å². The molecule has 1 amide bonds. The molecule has 8 heteroatoms. The van der Waals surface area contributed by atoms with E-state index < -0.39 is 23.9 Å². The molecule has 0 heterocycles. The maximum Gasteiger partial charge on any atom is 0.350 e. The quantitative estimate of drug-likeness (QED) is 0.263. The van der Waals surface area contributed by atoms with Gasteiger partial charge in [0, 0.05) is 5.69 Å². The first-order valence-corrected chi connectivity index (χ1v) is 12.6. The smallest absolute Gasteiger partial charge is 0.350 e. The highest BCUT2D eigenvalue weighted by atomic mass is 16.7. The number of carbonyl (C=O) groups is 3. The number of amides is 1. The van der Waals surface area contributed by atoms with Crippen LogP contribution in [0.5, 0.6) is 0 Å². The zero-order valence-corrected chi connectivity index (χ0v) is 22.4. The van der Waals surface area contributed by atoms with Gasteiger partial charge in [-0.25, -0.2) is 9.59 Å². The van der Waals surface area contributed by atoms with Crippen LogP contribution in [0.3, 0.4) is 0 Å². The van der Waals surface area contributed by atoms with E-state index in [9.17, 15) is 19.5 Å². The van der Waals surface area contributed by atoms with Crippen LogP contribution in [0.25, 0.3) is 0 Å². The van der Waals surface area contributed by atoms with Crippen LogP contribution in [0.15, 0.2) is 47.6 Å². The van der Waals surface area contributed by atoms with Crippen molar-refractivity contribution in [2.45, 2.75) is 77.7 Å². The largest absolute Gasteiger partial charge is 0.478 e. The van der Waals surface area contributed by atoms with Crippen LogP contribution >= 0.6 is 0 Å². The van der Waals surface area contributed by atoms with E-state index in [0.29, 0.717) is 12.1 Å². The maximum atomic E-state index is 13.5. The molecule has 37 heavy (non-hydrogen) atoms. The molecule has 1 unspecified atom stereocenters. The van der Waals surface area contributed by atoms with Crippen LogP contribution in [-0.4, -0.2) is 41.9 Å². The molecule has 3 rings (SSSR count). The SMILES string of the molecule is CCOC(=O)C(CC)ON=CC(=O)N(c1ccc2c(c1)C(C)(C)CCC2(C)C)c1ccccc1C(=O)O. The van der Waals surface area contributed by atoms with Gasteiger partial charge in [-0.3, -0.25) is 9.69 Å². The van der Waals surface area contributed by atoms with E-state index in [4.69, 9.17) is 9.57 Å². The molecule has 1 atom stereocenters. The summed E-state index contributed by atoms with van der Waals surface area (Å²) in [7, 11) is 0. The highest BCUT2D eigenvalue weighted by Crippen LogP contribution is 2.47. The lowest BCUT2D eigenvalue weighted by Gasteiger charge is -2.42. The molecule has 0 spiro atoms. The van der Waals surface area contributed by atoms with Crippen molar-refractivity contribution >= 4 is 35.4 Å². The van der Waals surface area contributed by atoms with Crippen LogP contribution in [0.1, 0.15) is 82.3 Å². The number of anilines is 2. The monoisotopic (exact) mass is 508 g/mol. The lowest BCUT2D eigenvalue weighted by atomic mass is 9.63. The number of rotatable bonds is 9. The van der Waals surface area contributed by atoms with E-state index in [-0.39, 0.29) is 28.7 Å². The second-order valence-electron chi connectivity index (χ2n) is 10.5. The Balaban J connectivity index is 2.07. The van der Waals surface area contributed by atoms with Gasteiger partial charge in [-0.05, 0) is 72.4 Å². The number of esters is 1. The van der Waals surface area contributed by atoms with Gasteiger partial charge in [0.05, 0.1) is 17.9 Å². The zero-order chi connectivity index (χ0) is 27.4. The molecule has 0 bridgehead atoms. The van der Waals surface area contributed by atoms with Gasteiger partial charge in [0.25, 0.3) is 5.91 Å². The second-order valence-corrected chi connectivity index (χ2v) is 10.5. The fourth-order valence-corrected chi connectivity index (χ4v) is 4.68. The number of ether oxygens (including phenoxy) is 1. The number of hydrogen-bond acceptors (Lipinski definition) is 6. The van der Waals surface area contributed by atoms with Crippen molar-refractivity contribution in [3.8, 4) is 0 Å². The number of hydrogen-bond donors (Lipinski definition) is 1. The van der Waals surface area contributed by atoms with E-state index >= 15 is 0 Å². The van der Waals surface area contributed by atoms with Crippen molar-refractivity contribution in [2.24, 2.45) is 5.16 Å². The summed E-state index contributed by atoms with van der Waals surface area (Å²) in [6.45, 7) is 12.4. The first kappa shape index (κ1) is 27.9. The minimum atomic E-state index is -1.16. The highest BCUT2D eigenvalue weighted by molar-refractivity contribution is 6.35. The second kappa shape index (κ2) is 11.2. The van der Waals surface area contributed by atoms with Crippen LogP contribution < -0.4 is 4.90 Å². The summed E-state index contributed by atoms with van der Waals surface area (Å²) in [6.07, 6.45) is 2.34. The average molecular weight is 509 g/mol. The van der Waals surface area contributed by atoms with Gasteiger partial charge < -0.3 is 14.7 Å². The van der Waals surface area contributed by atoms with E-state index in [1.807, 2.05) is 18.2 Å². The first-order chi connectivity index (χ1) is 17.4. The third-order valence-electron chi connectivity index (χ3n) is 6.96. The Morgan fingerprint density at radius 3 is 2.30 bits per heavy atom. The molecule has 0 fully saturated rings. The molecule has 1 N–H and O–H groups in total. The van der Waals surface area contributed by atoms with Crippen LogP contribution in [0, 0.1) is 0 Å². The molecule has 8 nitrogen and oxygen atoms in total. The topological polar surface area (TPSA) is 106 Å². The molecular weight excluding hydrogens is 472 g/mol. The Kier molecular flexibility index (Phi) is 8.41. The van der Waals surface area contributed by atoms with Crippen LogP contribution in [0.4, 0.5) is 11.4 Å². The van der Waals surface area contributed by atoms with Crippen molar-refractivity contribution in [2.75, 3.05) is 11.5 Å². The molecule has 0 aromatic heterocycles.